The van der Waals surface area contributed by atoms with Crippen LogP contribution in [0.5, 0.6) is 5.75 Å². The van der Waals surface area contributed by atoms with Crippen molar-refractivity contribution in [2.75, 3.05) is 24.6 Å². The Hall–Kier alpha value is -3.44. The first-order valence-corrected chi connectivity index (χ1v) is 12.1. The monoisotopic (exact) mass is 456 g/mol. The molecular formula is C28H28N2O2S. The first-order chi connectivity index (χ1) is 16.1. The molecular weight excluding hydrogens is 428 g/mol. The molecule has 1 aromatic heterocycles. The summed E-state index contributed by atoms with van der Waals surface area (Å²) in [6, 6.07) is 23.6. The van der Waals surface area contributed by atoms with Crippen LogP contribution < -0.4 is 9.64 Å². The van der Waals surface area contributed by atoms with Gasteiger partial charge >= 0.3 is 0 Å². The Kier molecular flexibility index (Phi) is 7.20. The first kappa shape index (κ1) is 22.7. The number of thiazole rings is 1. The molecule has 0 aliphatic rings. The molecule has 0 aliphatic carbocycles. The molecule has 4 nitrogen and oxygen atoms in total. The normalized spacial score (nSPS) is 11.5. The maximum atomic E-state index is 13.6. The molecule has 0 unspecified atom stereocenters. The zero-order valence-corrected chi connectivity index (χ0v) is 20.1. The molecule has 0 amide bonds. The first-order valence-electron chi connectivity index (χ1n) is 11.3. The van der Waals surface area contributed by atoms with Crippen molar-refractivity contribution in [3.8, 4) is 5.75 Å². The molecule has 4 rings (SSSR count). The van der Waals surface area contributed by atoms with Gasteiger partial charge in [0.05, 0.1) is 22.4 Å². The van der Waals surface area contributed by atoms with Crippen LogP contribution in [0, 0.1) is 0 Å². The Morgan fingerprint density at radius 2 is 1.64 bits per heavy atom. The highest BCUT2D eigenvalue weighted by Crippen LogP contribution is 2.31. The second kappa shape index (κ2) is 10.5. The summed E-state index contributed by atoms with van der Waals surface area (Å²) in [5, 5.41) is 0.725. The summed E-state index contributed by atoms with van der Waals surface area (Å²) >= 11 is 1.54. The van der Waals surface area contributed by atoms with Crippen LogP contribution in [0.25, 0.3) is 21.9 Å². The van der Waals surface area contributed by atoms with Crippen molar-refractivity contribution in [2.24, 2.45) is 0 Å². The van der Waals surface area contributed by atoms with Crippen molar-refractivity contribution in [3.05, 3.63) is 88.9 Å². The van der Waals surface area contributed by atoms with Crippen molar-refractivity contribution in [2.45, 2.75) is 20.8 Å². The molecule has 0 aliphatic heterocycles. The minimum atomic E-state index is -0.0510. The topological polar surface area (TPSA) is 42.4 Å². The minimum absolute atomic E-state index is 0.0510. The highest BCUT2D eigenvalue weighted by Gasteiger charge is 2.19. The van der Waals surface area contributed by atoms with Gasteiger partial charge in [-0.15, -0.1) is 11.3 Å². The molecule has 0 fully saturated rings. The molecule has 0 bridgehead atoms. The lowest BCUT2D eigenvalue weighted by molar-refractivity contribution is 0.105. The third kappa shape index (κ3) is 5.15. The van der Waals surface area contributed by atoms with E-state index in [2.05, 4.69) is 43.0 Å². The van der Waals surface area contributed by atoms with Gasteiger partial charge < -0.3 is 9.64 Å². The van der Waals surface area contributed by atoms with Gasteiger partial charge in [-0.3, -0.25) is 4.79 Å². The average molecular weight is 457 g/mol. The van der Waals surface area contributed by atoms with E-state index in [-0.39, 0.29) is 5.78 Å². The molecule has 0 N–H and O–H groups in total. The second-order valence-electron chi connectivity index (χ2n) is 7.60. The molecule has 168 valence electrons. The molecule has 0 radical (unpaired) electrons. The number of ether oxygens (including phenoxy) is 1. The number of hydrogen-bond acceptors (Lipinski definition) is 5. The largest absolute Gasteiger partial charge is 0.494 e. The maximum absolute atomic E-state index is 13.6. The van der Waals surface area contributed by atoms with E-state index in [1.165, 1.54) is 5.69 Å². The van der Waals surface area contributed by atoms with Crippen LogP contribution in [-0.2, 0) is 0 Å². The minimum Gasteiger partial charge on any atom is -0.494 e. The van der Waals surface area contributed by atoms with Crippen LogP contribution in [0.4, 0.5) is 5.69 Å². The quantitative estimate of drug-likeness (QED) is 0.202. The highest BCUT2D eigenvalue weighted by atomic mass is 32.1. The van der Waals surface area contributed by atoms with Crippen molar-refractivity contribution in [1.82, 2.24) is 4.98 Å². The molecule has 33 heavy (non-hydrogen) atoms. The van der Waals surface area contributed by atoms with Gasteiger partial charge in [0, 0.05) is 24.3 Å². The fourth-order valence-corrected chi connectivity index (χ4v) is 4.75. The Balaban J connectivity index is 1.74. The fraction of sp³-hybridized carbons (Fsp3) is 0.214. The summed E-state index contributed by atoms with van der Waals surface area (Å²) in [6.45, 7) is 8.75. The highest BCUT2D eigenvalue weighted by molar-refractivity contribution is 7.20. The van der Waals surface area contributed by atoms with Crippen molar-refractivity contribution < 1.29 is 9.53 Å². The van der Waals surface area contributed by atoms with Gasteiger partial charge in [-0.2, -0.15) is 0 Å². The maximum Gasteiger partial charge on any atom is 0.196 e. The Labute approximate surface area is 199 Å². The van der Waals surface area contributed by atoms with Gasteiger partial charge in [0.2, 0.25) is 0 Å². The Bertz CT molecular complexity index is 1220. The molecule has 3 aromatic carbocycles. The lowest BCUT2D eigenvalue weighted by Crippen LogP contribution is -2.21. The van der Waals surface area contributed by atoms with Crippen LogP contribution in [0.3, 0.4) is 0 Å². The fourth-order valence-electron chi connectivity index (χ4n) is 3.77. The lowest BCUT2D eigenvalue weighted by atomic mass is 10.0. The average Bonchev–Trinajstić information content (AvgIpc) is 3.28. The van der Waals surface area contributed by atoms with Gasteiger partial charge in [0.25, 0.3) is 0 Å². The van der Waals surface area contributed by atoms with Gasteiger partial charge in [0.15, 0.2) is 5.78 Å². The zero-order chi connectivity index (χ0) is 23.2. The number of anilines is 1. The van der Waals surface area contributed by atoms with Crippen molar-refractivity contribution >= 4 is 44.7 Å². The molecule has 1 heterocycles. The molecule has 5 heteroatoms. The van der Waals surface area contributed by atoms with Gasteiger partial charge in [-0.05, 0) is 80.9 Å². The number of benzene rings is 3. The standard InChI is InChI=1S/C28H28N2O2S/c1-4-30(5-2)22-15-11-20(12-16-22)19-24(28-29-25-9-7-8-10-26(25)33-28)27(31)21-13-17-23(18-14-21)32-6-3/h7-19H,4-6H2,1-3H3/b24-19+. The van der Waals surface area contributed by atoms with Crippen LogP contribution in [0.15, 0.2) is 72.8 Å². The number of para-hydroxylation sites is 1. The zero-order valence-electron chi connectivity index (χ0n) is 19.2. The predicted octanol–water partition coefficient (Wildman–Crippen LogP) is 6.96. The number of aromatic nitrogens is 1. The summed E-state index contributed by atoms with van der Waals surface area (Å²) in [6.07, 6.45) is 1.95. The number of fused-ring (bicyclic) bond motifs is 1. The van der Waals surface area contributed by atoms with E-state index >= 15 is 0 Å². The molecule has 0 spiro atoms. The smallest absolute Gasteiger partial charge is 0.196 e. The lowest BCUT2D eigenvalue weighted by Gasteiger charge is -2.20. The summed E-state index contributed by atoms with van der Waals surface area (Å²) in [5.41, 5.74) is 4.26. The van der Waals surface area contributed by atoms with Gasteiger partial charge in [-0.25, -0.2) is 4.98 Å². The Morgan fingerprint density at radius 1 is 0.939 bits per heavy atom. The SMILES string of the molecule is CCOc1ccc(C(=O)/C(=C\c2ccc(N(CC)CC)cc2)c2nc3ccccc3s2)cc1. The number of ketones is 1. The predicted molar refractivity (Wildman–Crippen MR) is 139 cm³/mol. The molecule has 4 aromatic rings. The van der Waals surface area contributed by atoms with E-state index in [1.54, 1.807) is 11.3 Å². The summed E-state index contributed by atoms with van der Waals surface area (Å²) in [4.78, 5) is 20.7. The number of carbonyl (C=O) groups excluding carboxylic acids is 1. The van der Waals surface area contributed by atoms with E-state index < -0.39 is 0 Å². The Morgan fingerprint density at radius 3 is 2.27 bits per heavy atom. The van der Waals surface area contributed by atoms with Crippen LogP contribution >= 0.6 is 11.3 Å². The summed E-state index contributed by atoms with van der Waals surface area (Å²) in [7, 11) is 0. The summed E-state index contributed by atoms with van der Waals surface area (Å²) in [5.74, 6) is 0.705. The third-order valence-corrected chi connectivity index (χ3v) is 6.60. The number of Topliss-reactive ketones (excluding diaryl/α,β-unsaturated/α-hetero) is 1. The van der Waals surface area contributed by atoms with E-state index in [1.807, 2.05) is 61.5 Å². The number of hydrogen-bond donors (Lipinski definition) is 0. The second-order valence-corrected chi connectivity index (χ2v) is 8.63. The van der Waals surface area contributed by atoms with E-state index in [0.29, 0.717) is 17.7 Å². The number of nitrogens with zero attached hydrogens (tertiary/aromatic N) is 2. The third-order valence-electron chi connectivity index (χ3n) is 5.53. The van der Waals surface area contributed by atoms with Crippen LogP contribution in [-0.4, -0.2) is 30.5 Å². The van der Waals surface area contributed by atoms with Crippen LogP contribution in [0.1, 0.15) is 41.7 Å². The summed E-state index contributed by atoms with van der Waals surface area (Å²) < 4.78 is 6.59. The van der Waals surface area contributed by atoms with Crippen molar-refractivity contribution in [1.29, 1.82) is 0 Å². The van der Waals surface area contributed by atoms with E-state index in [4.69, 9.17) is 9.72 Å². The molecule has 0 atom stereocenters. The number of carbonyl (C=O) groups is 1. The van der Waals surface area contributed by atoms with E-state index in [9.17, 15) is 4.79 Å². The molecule has 0 saturated carbocycles. The number of rotatable bonds is 9. The van der Waals surface area contributed by atoms with Crippen LogP contribution in [0.2, 0.25) is 0 Å². The molecule has 0 saturated heterocycles. The number of allylic oxidation sites excluding steroid dienone is 1. The van der Waals surface area contributed by atoms with Crippen molar-refractivity contribution in [3.63, 3.8) is 0 Å². The van der Waals surface area contributed by atoms with Gasteiger partial charge in [0.1, 0.15) is 10.8 Å². The van der Waals surface area contributed by atoms with Gasteiger partial charge in [-0.1, -0.05) is 24.3 Å². The van der Waals surface area contributed by atoms with E-state index in [0.717, 1.165) is 39.6 Å².